The number of hydrogen-bond acceptors (Lipinski definition) is 7. The van der Waals surface area contributed by atoms with Crippen LogP contribution in [0.2, 0.25) is 0 Å². The lowest BCUT2D eigenvalue weighted by molar-refractivity contribution is 0.120. The Kier molecular flexibility index (Phi) is 5.36. The van der Waals surface area contributed by atoms with Crippen LogP contribution in [-0.4, -0.2) is 45.5 Å². The lowest BCUT2D eigenvalue weighted by atomic mass is 10.2. The minimum Gasteiger partial charge on any atom is -0.424 e. The summed E-state index contributed by atoms with van der Waals surface area (Å²) in [6, 6.07) is 9.84. The van der Waals surface area contributed by atoms with Crippen molar-refractivity contribution in [3.63, 3.8) is 0 Å². The summed E-state index contributed by atoms with van der Waals surface area (Å²) < 4.78 is 34.4. The van der Waals surface area contributed by atoms with E-state index in [1.807, 2.05) is 35.2 Å². The summed E-state index contributed by atoms with van der Waals surface area (Å²) in [6.45, 7) is 2.44. The highest BCUT2D eigenvalue weighted by molar-refractivity contribution is 7.62. The lowest BCUT2D eigenvalue weighted by Crippen LogP contribution is -2.38. The van der Waals surface area contributed by atoms with Crippen LogP contribution in [-0.2, 0) is 24.8 Å². The first-order valence-electron chi connectivity index (χ1n) is 7.74. The summed E-state index contributed by atoms with van der Waals surface area (Å²) in [5, 5.41) is 0. The number of morpholine rings is 1. The van der Waals surface area contributed by atoms with Gasteiger partial charge < -0.3 is 23.1 Å². The van der Waals surface area contributed by atoms with E-state index in [4.69, 9.17) is 18.2 Å². The molecule has 7 nitrogen and oxygen atoms in total. The third-order valence-corrected chi connectivity index (χ3v) is 5.64. The van der Waals surface area contributed by atoms with Crippen molar-refractivity contribution < 1.29 is 22.8 Å². The second-order valence-electron chi connectivity index (χ2n) is 5.36. The summed E-state index contributed by atoms with van der Waals surface area (Å²) in [4.78, 5) is 6.40. The van der Waals surface area contributed by atoms with Crippen molar-refractivity contribution in [3.05, 3.63) is 41.8 Å². The van der Waals surface area contributed by atoms with Gasteiger partial charge in [0.15, 0.2) is 0 Å². The van der Waals surface area contributed by atoms with Crippen molar-refractivity contribution >= 4 is 18.9 Å². The van der Waals surface area contributed by atoms with Gasteiger partial charge in [0, 0.05) is 33.7 Å². The van der Waals surface area contributed by atoms with Crippen LogP contribution >= 0.6 is 7.60 Å². The molecule has 24 heavy (non-hydrogen) atoms. The molecule has 0 unspecified atom stereocenters. The Bertz CT molecular complexity index is 705. The molecule has 0 bridgehead atoms. The summed E-state index contributed by atoms with van der Waals surface area (Å²) in [6.07, 6.45) is 0.506. The molecule has 1 fully saturated rings. The number of nitrogens with zero attached hydrogens (tertiary/aromatic N) is 2. The fraction of sp³-hybridized carbons (Fsp3) is 0.438. The molecule has 0 radical (unpaired) electrons. The number of ether oxygens (including phenoxy) is 1. The van der Waals surface area contributed by atoms with Crippen LogP contribution in [0, 0.1) is 0 Å². The molecule has 1 aromatic carbocycles. The minimum atomic E-state index is -3.51. The predicted molar refractivity (Wildman–Crippen MR) is 90.0 cm³/mol. The van der Waals surface area contributed by atoms with Crippen LogP contribution in [0.25, 0.3) is 0 Å². The van der Waals surface area contributed by atoms with E-state index in [9.17, 15) is 4.57 Å². The number of aromatic nitrogens is 1. The molecule has 130 valence electrons. The Labute approximate surface area is 141 Å². The number of oxazole rings is 1. The van der Waals surface area contributed by atoms with E-state index in [1.54, 1.807) is 0 Å². The zero-order chi connectivity index (χ0) is 17.0. The first kappa shape index (κ1) is 17.2. The van der Waals surface area contributed by atoms with Crippen molar-refractivity contribution in [2.24, 2.45) is 0 Å². The second-order valence-corrected chi connectivity index (χ2v) is 7.51. The molecule has 0 N–H and O–H groups in total. The summed E-state index contributed by atoms with van der Waals surface area (Å²) in [5.74, 6) is 0.920. The molecule has 0 spiro atoms. The van der Waals surface area contributed by atoms with Gasteiger partial charge in [-0.3, -0.25) is 4.57 Å². The Morgan fingerprint density at radius 1 is 1.17 bits per heavy atom. The topological polar surface area (TPSA) is 74.0 Å². The highest BCUT2D eigenvalue weighted by atomic mass is 31.2. The Morgan fingerprint density at radius 3 is 2.46 bits per heavy atom. The molecular formula is C16H21N2O5P. The molecule has 0 amide bonds. The predicted octanol–water partition coefficient (Wildman–Crippen LogP) is 2.21. The number of anilines is 1. The van der Waals surface area contributed by atoms with Gasteiger partial charge >= 0.3 is 7.60 Å². The Morgan fingerprint density at radius 2 is 1.83 bits per heavy atom. The van der Waals surface area contributed by atoms with Crippen molar-refractivity contribution in [3.8, 4) is 0 Å². The average molecular weight is 352 g/mol. The molecule has 8 heteroatoms. The van der Waals surface area contributed by atoms with Crippen LogP contribution in [0.15, 0.2) is 34.7 Å². The maximum absolute atomic E-state index is 12.9. The van der Waals surface area contributed by atoms with Crippen LogP contribution < -0.4 is 10.3 Å². The summed E-state index contributed by atoms with van der Waals surface area (Å²) in [7, 11) is -0.817. The largest absolute Gasteiger partial charge is 0.424 e. The van der Waals surface area contributed by atoms with Gasteiger partial charge in [-0.05, 0) is 5.56 Å². The van der Waals surface area contributed by atoms with Crippen LogP contribution in [0.5, 0.6) is 0 Å². The fourth-order valence-electron chi connectivity index (χ4n) is 2.59. The zero-order valence-electron chi connectivity index (χ0n) is 13.8. The van der Waals surface area contributed by atoms with Gasteiger partial charge in [0.1, 0.15) is 0 Å². The van der Waals surface area contributed by atoms with Crippen molar-refractivity contribution in [2.75, 3.05) is 45.4 Å². The molecule has 0 aliphatic carbocycles. The van der Waals surface area contributed by atoms with Gasteiger partial charge in [-0.15, -0.1) is 0 Å². The first-order chi connectivity index (χ1) is 11.7. The standard InChI is InChI=1S/C16H21N2O5P/c1-20-24(19,21-2)15-16(18-8-10-22-11-9-18)23-14(17-15)12-13-6-4-3-5-7-13/h3-7H,8-12H2,1-2H3. The molecule has 1 aliphatic rings. The van der Waals surface area contributed by atoms with Crippen LogP contribution in [0.1, 0.15) is 11.5 Å². The lowest BCUT2D eigenvalue weighted by Gasteiger charge is -2.27. The van der Waals surface area contributed by atoms with Gasteiger partial charge in [0.05, 0.1) is 13.2 Å². The summed E-state index contributed by atoms with van der Waals surface area (Å²) in [5.41, 5.74) is 1.28. The summed E-state index contributed by atoms with van der Waals surface area (Å²) >= 11 is 0. The van der Waals surface area contributed by atoms with E-state index in [0.29, 0.717) is 44.5 Å². The molecule has 2 heterocycles. The number of hydrogen-bond donors (Lipinski definition) is 0. The van der Waals surface area contributed by atoms with Gasteiger partial charge in [-0.1, -0.05) is 30.3 Å². The second kappa shape index (κ2) is 7.49. The van der Waals surface area contributed by atoms with E-state index >= 15 is 0 Å². The molecule has 1 aliphatic heterocycles. The molecule has 2 aromatic rings. The first-order valence-corrected chi connectivity index (χ1v) is 9.29. The molecular weight excluding hydrogens is 331 g/mol. The highest BCUT2D eigenvalue weighted by Gasteiger charge is 2.36. The van der Waals surface area contributed by atoms with Crippen molar-refractivity contribution in [1.82, 2.24) is 4.98 Å². The zero-order valence-corrected chi connectivity index (χ0v) is 14.7. The SMILES string of the molecule is COP(=O)(OC)c1nc(Cc2ccccc2)oc1N1CCOCC1. The van der Waals surface area contributed by atoms with Crippen LogP contribution in [0.3, 0.4) is 0 Å². The highest BCUT2D eigenvalue weighted by Crippen LogP contribution is 2.47. The van der Waals surface area contributed by atoms with E-state index < -0.39 is 7.60 Å². The Hall–Kier alpha value is -1.66. The monoisotopic (exact) mass is 352 g/mol. The van der Waals surface area contributed by atoms with Crippen molar-refractivity contribution in [1.29, 1.82) is 0 Å². The molecule has 1 saturated heterocycles. The van der Waals surface area contributed by atoms with E-state index in [1.165, 1.54) is 14.2 Å². The quantitative estimate of drug-likeness (QED) is 0.738. The molecule has 3 rings (SSSR count). The minimum absolute atomic E-state index is 0.223. The normalized spacial score (nSPS) is 15.7. The number of rotatable bonds is 6. The van der Waals surface area contributed by atoms with E-state index in [-0.39, 0.29) is 5.44 Å². The fourth-order valence-corrected chi connectivity index (χ4v) is 3.74. The third kappa shape index (κ3) is 3.54. The third-order valence-electron chi connectivity index (χ3n) is 3.87. The van der Waals surface area contributed by atoms with Gasteiger partial charge in [-0.25, -0.2) is 4.98 Å². The molecule has 1 aromatic heterocycles. The van der Waals surface area contributed by atoms with Crippen LogP contribution in [0.4, 0.5) is 5.88 Å². The van der Waals surface area contributed by atoms with E-state index in [2.05, 4.69) is 4.98 Å². The maximum Gasteiger partial charge on any atom is 0.384 e. The van der Waals surface area contributed by atoms with Gasteiger partial charge in [0.25, 0.3) is 0 Å². The van der Waals surface area contributed by atoms with E-state index in [0.717, 1.165) is 5.56 Å². The van der Waals surface area contributed by atoms with Gasteiger partial charge in [0.2, 0.25) is 17.2 Å². The molecule has 0 saturated carbocycles. The molecule has 0 atom stereocenters. The Balaban J connectivity index is 1.97. The number of benzene rings is 1. The maximum atomic E-state index is 12.9. The van der Waals surface area contributed by atoms with Gasteiger partial charge in [-0.2, -0.15) is 0 Å². The smallest absolute Gasteiger partial charge is 0.384 e. The van der Waals surface area contributed by atoms with Crippen molar-refractivity contribution in [2.45, 2.75) is 6.42 Å². The average Bonchev–Trinajstić information content (AvgIpc) is 3.07.